The summed E-state index contributed by atoms with van der Waals surface area (Å²) in [6.45, 7) is 5.90. The summed E-state index contributed by atoms with van der Waals surface area (Å²) in [7, 11) is 0. The molecule has 0 saturated heterocycles. The maximum absolute atomic E-state index is 11.1. The molecule has 0 aromatic rings. The van der Waals surface area contributed by atoms with E-state index in [1.165, 1.54) is 12.8 Å². The zero-order chi connectivity index (χ0) is 10.8. The first-order valence-corrected chi connectivity index (χ1v) is 5.40. The highest BCUT2D eigenvalue weighted by atomic mass is 16.4. The fourth-order valence-electron chi connectivity index (χ4n) is 2.02. The molecule has 0 amide bonds. The van der Waals surface area contributed by atoms with Crippen LogP contribution in [0.5, 0.6) is 0 Å². The van der Waals surface area contributed by atoms with E-state index in [-0.39, 0.29) is 5.41 Å². The van der Waals surface area contributed by atoms with Gasteiger partial charge in [0.2, 0.25) is 0 Å². The molecular weight excluding hydrogens is 178 g/mol. The average molecular weight is 199 g/mol. The molecule has 0 aliphatic heterocycles. The minimum Gasteiger partial charge on any atom is -0.480 e. The number of hydrogen-bond acceptors (Lipinski definition) is 2. The van der Waals surface area contributed by atoms with E-state index >= 15 is 0 Å². The molecular formula is C11H21NO2. The predicted octanol–water partition coefficient (Wildman–Crippen LogP) is 2.02. The lowest BCUT2D eigenvalue weighted by Crippen LogP contribution is -2.50. The Bertz CT molecular complexity index is 202. The Kier molecular flexibility index (Phi) is 3.53. The van der Waals surface area contributed by atoms with Crippen LogP contribution in [-0.4, -0.2) is 23.2 Å². The second kappa shape index (κ2) is 4.30. The number of carbonyl (C=O) groups is 1. The molecule has 0 spiro atoms. The molecule has 1 fully saturated rings. The van der Waals surface area contributed by atoms with Crippen LogP contribution in [-0.2, 0) is 4.79 Å². The van der Waals surface area contributed by atoms with Crippen LogP contribution in [0.4, 0.5) is 0 Å². The van der Waals surface area contributed by atoms with Gasteiger partial charge in [0.05, 0.1) is 0 Å². The third kappa shape index (κ3) is 2.98. The summed E-state index contributed by atoms with van der Waals surface area (Å²) in [6, 6.07) is -0.0130. The van der Waals surface area contributed by atoms with E-state index in [4.69, 9.17) is 5.11 Å². The Morgan fingerprint density at radius 2 is 1.86 bits per heavy atom. The summed E-state index contributed by atoms with van der Waals surface area (Å²) in [6.07, 6.45) is 4.71. The Morgan fingerprint density at radius 3 is 2.21 bits per heavy atom. The molecule has 1 aliphatic carbocycles. The molecule has 0 heterocycles. The number of carboxylic acid groups (broad SMARTS) is 1. The van der Waals surface area contributed by atoms with Crippen LogP contribution in [0.1, 0.15) is 46.5 Å². The van der Waals surface area contributed by atoms with Crippen molar-refractivity contribution < 1.29 is 9.90 Å². The van der Waals surface area contributed by atoms with E-state index < -0.39 is 12.0 Å². The summed E-state index contributed by atoms with van der Waals surface area (Å²) in [5.74, 6) is -0.732. The number of aliphatic carboxylic acids is 1. The lowest BCUT2D eigenvalue weighted by atomic mass is 9.86. The van der Waals surface area contributed by atoms with Crippen LogP contribution in [0.2, 0.25) is 0 Å². The first-order chi connectivity index (χ1) is 6.41. The van der Waals surface area contributed by atoms with Crippen LogP contribution >= 0.6 is 0 Å². The molecule has 1 aliphatic rings. The second-order valence-corrected chi connectivity index (χ2v) is 5.29. The molecule has 14 heavy (non-hydrogen) atoms. The van der Waals surface area contributed by atoms with E-state index in [0.29, 0.717) is 6.04 Å². The van der Waals surface area contributed by atoms with Crippen molar-refractivity contribution in [2.24, 2.45) is 5.41 Å². The molecule has 0 aromatic heterocycles. The third-order valence-electron chi connectivity index (χ3n) is 2.87. The van der Waals surface area contributed by atoms with Crippen LogP contribution < -0.4 is 5.32 Å². The van der Waals surface area contributed by atoms with Gasteiger partial charge in [-0.25, -0.2) is 0 Å². The van der Waals surface area contributed by atoms with Crippen molar-refractivity contribution in [3.63, 3.8) is 0 Å². The highest BCUT2D eigenvalue weighted by molar-refractivity contribution is 5.74. The van der Waals surface area contributed by atoms with Crippen LogP contribution in [0, 0.1) is 5.41 Å². The topological polar surface area (TPSA) is 49.3 Å². The molecule has 82 valence electrons. The predicted molar refractivity (Wildman–Crippen MR) is 56.3 cm³/mol. The van der Waals surface area contributed by atoms with Crippen LogP contribution in [0.15, 0.2) is 0 Å². The van der Waals surface area contributed by atoms with Gasteiger partial charge in [0.15, 0.2) is 0 Å². The summed E-state index contributed by atoms with van der Waals surface area (Å²) in [5.41, 5.74) is -0.214. The van der Waals surface area contributed by atoms with Crippen molar-refractivity contribution in [2.45, 2.75) is 58.5 Å². The maximum atomic E-state index is 11.1. The quantitative estimate of drug-likeness (QED) is 0.731. The highest BCUT2D eigenvalue weighted by Gasteiger charge is 2.33. The van der Waals surface area contributed by atoms with Crippen LogP contribution in [0.25, 0.3) is 0 Å². The van der Waals surface area contributed by atoms with Crippen LogP contribution in [0.3, 0.4) is 0 Å². The normalized spacial score (nSPS) is 21.1. The zero-order valence-electron chi connectivity index (χ0n) is 9.34. The Balaban J connectivity index is 2.55. The lowest BCUT2D eigenvalue weighted by molar-refractivity contribution is -0.142. The van der Waals surface area contributed by atoms with Gasteiger partial charge in [0.25, 0.3) is 0 Å². The Morgan fingerprint density at radius 1 is 1.36 bits per heavy atom. The van der Waals surface area contributed by atoms with Gasteiger partial charge in [-0.1, -0.05) is 33.6 Å². The van der Waals surface area contributed by atoms with Gasteiger partial charge in [-0.3, -0.25) is 4.79 Å². The molecule has 0 aromatic carbocycles. The van der Waals surface area contributed by atoms with Crippen molar-refractivity contribution in [1.82, 2.24) is 5.32 Å². The van der Waals surface area contributed by atoms with E-state index in [1.54, 1.807) is 0 Å². The molecule has 1 unspecified atom stereocenters. The molecule has 2 N–H and O–H groups in total. The van der Waals surface area contributed by atoms with Gasteiger partial charge in [0, 0.05) is 6.04 Å². The highest BCUT2D eigenvalue weighted by Crippen LogP contribution is 2.24. The Labute approximate surface area is 85.9 Å². The fourth-order valence-corrected chi connectivity index (χ4v) is 2.02. The van der Waals surface area contributed by atoms with Crippen molar-refractivity contribution in [3.8, 4) is 0 Å². The van der Waals surface area contributed by atoms with Gasteiger partial charge in [-0.15, -0.1) is 0 Å². The molecule has 1 atom stereocenters. The standard InChI is InChI=1S/C11H21NO2/c1-11(2,3)9(10(13)14)12-8-6-4-5-7-8/h8-9,12H,4-7H2,1-3H3,(H,13,14). The summed E-state index contributed by atoms with van der Waals surface area (Å²) in [5, 5.41) is 12.4. The van der Waals surface area contributed by atoms with E-state index in [0.717, 1.165) is 12.8 Å². The smallest absolute Gasteiger partial charge is 0.321 e. The monoisotopic (exact) mass is 199 g/mol. The molecule has 1 saturated carbocycles. The van der Waals surface area contributed by atoms with Crippen molar-refractivity contribution in [1.29, 1.82) is 0 Å². The second-order valence-electron chi connectivity index (χ2n) is 5.29. The first-order valence-electron chi connectivity index (χ1n) is 5.40. The number of nitrogens with one attached hydrogen (secondary N) is 1. The minimum atomic E-state index is -0.732. The van der Waals surface area contributed by atoms with Gasteiger partial charge in [-0.2, -0.15) is 0 Å². The lowest BCUT2D eigenvalue weighted by Gasteiger charge is -2.30. The maximum Gasteiger partial charge on any atom is 0.321 e. The largest absolute Gasteiger partial charge is 0.480 e. The molecule has 1 rings (SSSR count). The van der Waals surface area contributed by atoms with Gasteiger partial charge in [-0.05, 0) is 18.3 Å². The molecule has 3 nitrogen and oxygen atoms in total. The number of hydrogen-bond donors (Lipinski definition) is 2. The van der Waals surface area contributed by atoms with Crippen molar-refractivity contribution in [2.75, 3.05) is 0 Å². The number of carboxylic acids is 1. The molecule has 3 heteroatoms. The van der Waals surface area contributed by atoms with E-state index in [9.17, 15) is 4.79 Å². The third-order valence-corrected chi connectivity index (χ3v) is 2.87. The minimum absolute atomic E-state index is 0.214. The molecule has 0 radical (unpaired) electrons. The SMILES string of the molecule is CC(C)(C)C(NC1CCCC1)C(=O)O. The summed E-state index contributed by atoms with van der Waals surface area (Å²) in [4.78, 5) is 11.1. The van der Waals surface area contributed by atoms with E-state index in [1.807, 2.05) is 20.8 Å². The zero-order valence-corrected chi connectivity index (χ0v) is 9.34. The van der Waals surface area contributed by atoms with Crippen molar-refractivity contribution in [3.05, 3.63) is 0 Å². The van der Waals surface area contributed by atoms with Crippen molar-refractivity contribution >= 4 is 5.97 Å². The van der Waals surface area contributed by atoms with E-state index in [2.05, 4.69) is 5.32 Å². The van der Waals surface area contributed by atoms with Gasteiger partial charge in [0.1, 0.15) is 6.04 Å². The number of rotatable bonds is 3. The average Bonchev–Trinajstić information content (AvgIpc) is 2.48. The summed E-state index contributed by atoms with van der Waals surface area (Å²) >= 11 is 0. The fraction of sp³-hybridized carbons (Fsp3) is 0.909. The Hall–Kier alpha value is -0.570. The summed E-state index contributed by atoms with van der Waals surface area (Å²) < 4.78 is 0. The first kappa shape index (κ1) is 11.5. The van der Waals surface area contributed by atoms with Gasteiger partial charge >= 0.3 is 5.97 Å². The van der Waals surface area contributed by atoms with Gasteiger partial charge < -0.3 is 10.4 Å². The molecule has 0 bridgehead atoms.